The molecule has 5 nitrogen and oxygen atoms in total. The number of anilines is 1. The highest BCUT2D eigenvalue weighted by atomic mass is 16.5. The summed E-state index contributed by atoms with van der Waals surface area (Å²) in [7, 11) is 0. The molecule has 1 saturated heterocycles. The normalized spacial score (nSPS) is 14.3. The summed E-state index contributed by atoms with van der Waals surface area (Å²) in [5.74, 6) is 0.494. The molecule has 0 saturated carbocycles. The second-order valence-electron chi connectivity index (χ2n) is 6.93. The molecule has 27 heavy (non-hydrogen) atoms. The second kappa shape index (κ2) is 9.21. The molecule has 0 atom stereocenters. The van der Waals surface area contributed by atoms with Crippen molar-refractivity contribution in [3.63, 3.8) is 0 Å². The van der Waals surface area contributed by atoms with Crippen molar-refractivity contribution in [2.24, 2.45) is 0 Å². The van der Waals surface area contributed by atoms with E-state index in [1.165, 1.54) is 12.8 Å². The van der Waals surface area contributed by atoms with E-state index < -0.39 is 0 Å². The summed E-state index contributed by atoms with van der Waals surface area (Å²) in [5, 5.41) is 2.79. The molecule has 3 rings (SSSR count). The number of carbonyl (C=O) groups excluding carboxylic acids is 2. The fourth-order valence-electron chi connectivity index (χ4n) is 3.13. The molecular formula is C22H26N2O3. The summed E-state index contributed by atoms with van der Waals surface area (Å²) in [5.41, 5.74) is 2.45. The minimum Gasteiger partial charge on any atom is -0.484 e. The zero-order valence-corrected chi connectivity index (χ0v) is 15.7. The lowest BCUT2D eigenvalue weighted by Crippen LogP contribution is -2.31. The van der Waals surface area contributed by atoms with Crippen LogP contribution in [0.2, 0.25) is 0 Å². The van der Waals surface area contributed by atoms with Crippen LogP contribution < -0.4 is 10.1 Å². The van der Waals surface area contributed by atoms with Crippen LogP contribution in [0, 0.1) is 6.92 Å². The molecule has 5 heteroatoms. The van der Waals surface area contributed by atoms with Gasteiger partial charge in [-0.3, -0.25) is 9.59 Å². The highest BCUT2D eigenvalue weighted by Crippen LogP contribution is 2.16. The molecule has 0 radical (unpaired) electrons. The molecule has 2 aromatic rings. The van der Waals surface area contributed by atoms with Crippen LogP contribution in [-0.2, 0) is 4.79 Å². The molecule has 0 aromatic heterocycles. The molecule has 2 aromatic carbocycles. The maximum atomic E-state index is 12.6. The van der Waals surface area contributed by atoms with E-state index in [4.69, 9.17) is 4.74 Å². The fourth-order valence-corrected chi connectivity index (χ4v) is 3.13. The van der Waals surface area contributed by atoms with Gasteiger partial charge in [0.05, 0.1) is 0 Å². The van der Waals surface area contributed by atoms with Gasteiger partial charge in [-0.25, -0.2) is 0 Å². The van der Waals surface area contributed by atoms with E-state index >= 15 is 0 Å². The number of carbonyl (C=O) groups is 2. The number of likely N-dealkylation sites (tertiary alicyclic amines) is 1. The van der Waals surface area contributed by atoms with E-state index in [0.29, 0.717) is 17.0 Å². The van der Waals surface area contributed by atoms with Gasteiger partial charge in [-0.1, -0.05) is 30.5 Å². The quantitative estimate of drug-likeness (QED) is 0.869. The third-order valence-electron chi connectivity index (χ3n) is 4.70. The molecule has 0 aliphatic carbocycles. The van der Waals surface area contributed by atoms with E-state index in [-0.39, 0.29) is 18.4 Å². The van der Waals surface area contributed by atoms with Crippen molar-refractivity contribution in [3.05, 3.63) is 59.7 Å². The third-order valence-corrected chi connectivity index (χ3v) is 4.70. The Hall–Kier alpha value is -2.82. The van der Waals surface area contributed by atoms with Gasteiger partial charge in [-0.15, -0.1) is 0 Å². The van der Waals surface area contributed by atoms with Crippen LogP contribution in [0.4, 0.5) is 5.69 Å². The summed E-state index contributed by atoms with van der Waals surface area (Å²) in [6.45, 7) is 3.59. The van der Waals surface area contributed by atoms with Gasteiger partial charge in [0.1, 0.15) is 5.75 Å². The number of aryl methyl sites for hydroxylation is 1. The average Bonchev–Trinajstić information content (AvgIpc) is 2.97. The minimum atomic E-state index is -0.234. The largest absolute Gasteiger partial charge is 0.484 e. The number of nitrogens with one attached hydrogen (secondary N) is 1. The van der Waals surface area contributed by atoms with Crippen LogP contribution in [-0.4, -0.2) is 36.4 Å². The van der Waals surface area contributed by atoms with E-state index in [9.17, 15) is 9.59 Å². The number of nitrogens with zero attached hydrogens (tertiary/aromatic N) is 1. The Morgan fingerprint density at radius 1 is 0.926 bits per heavy atom. The van der Waals surface area contributed by atoms with Gasteiger partial charge < -0.3 is 15.0 Å². The van der Waals surface area contributed by atoms with Crippen molar-refractivity contribution >= 4 is 17.5 Å². The lowest BCUT2D eigenvalue weighted by Gasteiger charge is -2.20. The van der Waals surface area contributed by atoms with E-state index in [1.54, 1.807) is 24.3 Å². The molecule has 2 amide bonds. The Morgan fingerprint density at radius 3 is 2.19 bits per heavy atom. The van der Waals surface area contributed by atoms with E-state index in [2.05, 4.69) is 5.32 Å². The first-order valence-electron chi connectivity index (χ1n) is 9.50. The number of hydrogen-bond acceptors (Lipinski definition) is 3. The van der Waals surface area contributed by atoms with Crippen LogP contribution in [0.25, 0.3) is 0 Å². The minimum absolute atomic E-state index is 0.0580. The third kappa shape index (κ3) is 5.58. The lowest BCUT2D eigenvalue weighted by molar-refractivity contribution is -0.118. The van der Waals surface area contributed by atoms with Crippen LogP contribution in [0.1, 0.15) is 41.6 Å². The molecule has 1 fully saturated rings. The maximum absolute atomic E-state index is 12.6. The molecule has 1 aliphatic heterocycles. The fraction of sp³-hybridized carbons (Fsp3) is 0.364. The van der Waals surface area contributed by atoms with Crippen LogP contribution >= 0.6 is 0 Å². The zero-order valence-electron chi connectivity index (χ0n) is 15.7. The summed E-state index contributed by atoms with van der Waals surface area (Å²) < 4.78 is 5.48. The van der Waals surface area contributed by atoms with E-state index in [1.807, 2.05) is 36.1 Å². The summed E-state index contributed by atoms with van der Waals surface area (Å²) in [6.07, 6.45) is 4.53. The first kappa shape index (κ1) is 19.0. The number of ether oxygens (including phenoxy) is 1. The predicted molar refractivity (Wildman–Crippen MR) is 106 cm³/mol. The van der Waals surface area contributed by atoms with Crippen LogP contribution in [0.5, 0.6) is 5.75 Å². The van der Waals surface area contributed by atoms with Crippen molar-refractivity contribution in [3.8, 4) is 5.75 Å². The molecule has 1 aliphatic rings. The Kier molecular flexibility index (Phi) is 6.47. The van der Waals surface area contributed by atoms with Crippen LogP contribution in [0.3, 0.4) is 0 Å². The Morgan fingerprint density at radius 2 is 1.56 bits per heavy atom. The Balaban J connectivity index is 1.51. The van der Waals surface area contributed by atoms with Crippen molar-refractivity contribution in [2.45, 2.75) is 32.6 Å². The van der Waals surface area contributed by atoms with Gasteiger partial charge in [-0.2, -0.15) is 0 Å². The summed E-state index contributed by atoms with van der Waals surface area (Å²) in [4.78, 5) is 26.6. The monoisotopic (exact) mass is 366 g/mol. The smallest absolute Gasteiger partial charge is 0.262 e. The summed E-state index contributed by atoms with van der Waals surface area (Å²) in [6, 6.07) is 14.6. The molecule has 142 valence electrons. The Bertz CT molecular complexity index is 761. The zero-order chi connectivity index (χ0) is 19.1. The van der Waals surface area contributed by atoms with Gasteiger partial charge in [-0.05, 0) is 56.2 Å². The number of rotatable bonds is 5. The first-order valence-corrected chi connectivity index (χ1v) is 9.50. The highest BCUT2D eigenvalue weighted by Gasteiger charge is 2.17. The molecule has 0 unspecified atom stereocenters. The standard InChI is InChI=1S/C22H26N2O3/c1-17-6-12-20(13-7-17)27-16-21(25)23-19-10-8-18(9-11-19)22(26)24-14-4-2-3-5-15-24/h6-13H,2-5,14-16H2,1H3,(H,23,25). The van der Waals surface area contributed by atoms with Gasteiger partial charge in [0.15, 0.2) is 6.61 Å². The molecular weight excluding hydrogens is 340 g/mol. The molecule has 1 N–H and O–H groups in total. The highest BCUT2D eigenvalue weighted by molar-refractivity contribution is 5.96. The van der Waals surface area contributed by atoms with Crippen LogP contribution in [0.15, 0.2) is 48.5 Å². The second-order valence-corrected chi connectivity index (χ2v) is 6.93. The number of benzene rings is 2. The van der Waals surface area contributed by atoms with Gasteiger partial charge >= 0.3 is 0 Å². The molecule has 0 bridgehead atoms. The SMILES string of the molecule is Cc1ccc(OCC(=O)Nc2ccc(C(=O)N3CCCCCC3)cc2)cc1. The van der Waals surface area contributed by atoms with Crippen molar-refractivity contribution in [2.75, 3.05) is 25.0 Å². The number of amides is 2. The average molecular weight is 366 g/mol. The van der Waals surface area contributed by atoms with Gasteiger partial charge in [0, 0.05) is 24.3 Å². The summed E-state index contributed by atoms with van der Waals surface area (Å²) >= 11 is 0. The van der Waals surface area contributed by atoms with Crippen molar-refractivity contribution < 1.29 is 14.3 Å². The maximum Gasteiger partial charge on any atom is 0.262 e. The predicted octanol–water partition coefficient (Wildman–Crippen LogP) is 4.03. The number of hydrogen-bond donors (Lipinski definition) is 1. The van der Waals surface area contributed by atoms with Crippen molar-refractivity contribution in [1.29, 1.82) is 0 Å². The van der Waals surface area contributed by atoms with Gasteiger partial charge in [0.2, 0.25) is 0 Å². The van der Waals surface area contributed by atoms with Crippen molar-refractivity contribution in [1.82, 2.24) is 4.90 Å². The Labute approximate surface area is 160 Å². The first-order chi connectivity index (χ1) is 13.1. The molecule has 0 spiro atoms. The molecule has 1 heterocycles. The van der Waals surface area contributed by atoms with Gasteiger partial charge in [0.25, 0.3) is 11.8 Å². The van der Waals surface area contributed by atoms with E-state index in [0.717, 1.165) is 31.5 Å². The lowest BCUT2D eigenvalue weighted by atomic mass is 10.1. The topological polar surface area (TPSA) is 58.6 Å².